The minimum atomic E-state index is 0.117. The maximum absolute atomic E-state index is 12.2. The Morgan fingerprint density at radius 3 is 3.04 bits per heavy atom. The van der Waals surface area contributed by atoms with Crippen molar-refractivity contribution in [3.05, 3.63) is 48.0 Å². The summed E-state index contributed by atoms with van der Waals surface area (Å²) in [5.74, 6) is 2.88. The predicted molar refractivity (Wildman–Crippen MR) is 117 cm³/mol. The van der Waals surface area contributed by atoms with Gasteiger partial charge in [0.05, 0.1) is 0 Å². The molecule has 0 radical (unpaired) electrons. The maximum atomic E-state index is 12.2. The van der Waals surface area contributed by atoms with Crippen molar-refractivity contribution in [1.29, 1.82) is 0 Å². The number of rotatable bonds is 9. The van der Waals surface area contributed by atoms with Gasteiger partial charge in [0.15, 0.2) is 0 Å². The van der Waals surface area contributed by atoms with Crippen LogP contribution in [0.1, 0.15) is 63.3 Å². The first-order valence-corrected chi connectivity index (χ1v) is 12.2. The highest BCUT2D eigenvalue weighted by atomic mass is 33.1. The summed E-state index contributed by atoms with van der Waals surface area (Å²) < 4.78 is 2.17. The summed E-state index contributed by atoms with van der Waals surface area (Å²) in [4.78, 5) is 16.7. The van der Waals surface area contributed by atoms with Crippen molar-refractivity contribution in [2.75, 3.05) is 11.1 Å². The first kappa shape index (κ1) is 20.3. The molecule has 2 heterocycles. The molecule has 1 amide bonds. The maximum Gasteiger partial charge on any atom is 0.224 e. The number of carbonyl (C=O) groups excluding carboxylic acids is 1. The number of nitrogens with one attached hydrogen (secondary N) is 1. The smallest absolute Gasteiger partial charge is 0.224 e. The minimum Gasteiger partial charge on any atom is -0.330 e. The lowest BCUT2D eigenvalue weighted by Gasteiger charge is -2.12. The first-order valence-electron chi connectivity index (χ1n) is 9.80. The van der Waals surface area contributed by atoms with E-state index in [1.807, 2.05) is 46.1 Å². The number of hydrogen-bond acceptors (Lipinski definition) is 4. The van der Waals surface area contributed by atoms with E-state index in [9.17, 15) is 4.79 Å². The SMILES string of the molecule is CC(C)c1nccn1Cc1cccc(NC(=O)CCCCC2CCSS2)c1. The Bertz CT molecular complexity index is 739. The number of imidazole rings is 1. The van der Waals surface area contributed by atoms with E-state index in [0.717, 1.165) is 36.1 Å². The quantitative estimate of drug-likeness (QED) is 0.430. The van der Waals surface area contributed by atoms with Crippen molar-refractivity contribution in [1.82, 2.24) is 9.55 Å². The molecule has 4 nitrogen and oxygen atoms in total. The van der Waals surface area contributed by atoms with Crippen LogP contribution in [0.15, 0.2) is 36.7 Å². The van der Waals surface area contributed by atoms with Crippen molar-refractivity contribution in [2.45, 2.75) is 63.7 Å². The summed E-state index contributed by atoms with van der Waals surface area (Å²) >= 11 is 0. The van der Waals surface area contributed by atoms with Crippen LogP contribution in [0.4, 0.5) is 5.69 Å². The van der Waals surface area contributed by atoms with E-state index in [1.165, 1.54) is 24.2 Å². The molecule has 1 atom stereocenters. The second-order valence-electron chi connectivity index (χ2n) is 7.39. The van der Waals surface area contributed by atoms with Crippen LogP contribution in [0.5, 0.6) is 0 Å². The standard InChI is InChI=1S/C21H29N3OS2/c1-16(2)21-22-11-12-24(21)15-17-6-5-7-18(14-17)23-20(25)9-4-3-8-19-10-13-26-27-19/h5-7,11-12,14,16,19H,3-4,8-10,13,15H2,1-2H3,(H,23,25). The molecule has 0 bridgehead atoms. The fourth-order valence-electron chi connectivity index (χ4n) is 3.34. The highest BCUT2D eigenvalue weighted by Gasteiger charge is 2.16. The van der Waals surface area contributed by atoms with Crippen LogP contribution in [0.3, 0.4) is 0 Å². The van der Waals surface area contributed by atoms with Crippen LogP contribution in [0.2, 0.25) is 0 Å². The van der Waals surface area contributed by atoms with E-state index in [4.69, 9.17) is 0 Å². The molecule has 1 saturated heterocycles. The number of hydrogen-bond donors (Lipinski definition) is 1. The van der Waals surface area contributed by atoms with Gasteiger partial charge in [-0.15, -0.1) is 0 Å². The van der Waals surface area contributed by atoms with Crippen molar-refractivity contribution < 1.29 is 4.79 Å². The van der Waals surface area contributed by atoms with Gasteiger partial charge < -0.3 is 9.88 Å². The molecule has 1 N–H and O–H groups in total. The summed E-state index contributed by atoms with van der Waals surface area (Å²) in [6, 6.07) is 8.13. The van der Waals surface area contributed by atoms with E-state index in [-0.39, 0.29) is 5.91 Å². The summed E-state index contributed by atoms with van der Waals surface area (Å²) in [6.07, 6.45) is 9.15. The highest BCUT2D eigenvalue weighted by molar-refractivity contribution is 8.77. The number of unbranched alkanes of at least 4 members (excludes halogenated alkanes) is 1. The zero-order valence-electron chi connectivity index (χ0n) is 16.2. The van der Waals surface area contributed by atoms with Gasteiger partial charge in [0, 0.05) is 48.0 Å². The number of anilines is 1. The Hall–Kier alpha value is -1.40. The Balaban J connectivity index is 1.46. The first-order chi connectivity index (χ1) is 13.1. The van der Waals surface area contributed by atoms with Crippen molar-refractivity contribution in [3.8, 4) is 0 Å². The molecule has 1 aliphatic rings. The summed E-state index contributed by atoms with van der Waals surface area (Å²) in [6.45, 7) is 5.08. The van der Waals surface area contributed by atoms with Gasteiger partial charge in [0.2, 0.25) is 5.91 Å². The Kier molecular flexibility index (Phi) is 7.70. The molecule has 3 rings (SSSR count). The van der Waals surface area contributed by atoms with E-state index in [2.05, 4.69) is 40.8 Å². The van der Waals surface area contributed by atoms with Crippen LogP contribution < -0.4 is 5.32 Å². The minimum absolute atomic E-state index is 0.117. The molecular formula is C21H29N3OS2. The number of amides is 1. The largest absolute Gasteiger partial charge is 0.330 e. The molecule has 1 aromatic carbocycles. The fourth-order valence-corrected chi connectivity index (χ4v) is 6.37. The van der Waals surface area contributed by atoms with Crippen LogP contribution >= 0.6 is 21.6 Å². The molecule has 27 heavy (non-hydrogen) atoms. The summed E-state index contributed by atoms with van der Waals surface area (Å²) in [5, 5.41) is 3.85. The zero-order chi connectivity index (χ0) is 19.1. The molecule has 0 aliphatic carbocycles. The molecule has 0 spiro atoms. The van der Waals surface area contributed by atoms with Gasteiger partial charge in [-0.3, -0.25) is 4.79 Å². The van der Waals surface area contributed by atoms with Crippen molar-refractivity contribution in [3.63, 3.8) is 0 Å². The molecule has 1 aliphatic heterocycles. The van der Waals surface area contributed by atoms with Crippen LogP contribution in [0, 0.1) is 0 Å². The number of benzene rings is 1. The van der Waals surface area contributed by atoms with Gasteiger partial charge in [0.25, 0.3) is 0 Å². The second kappa shape index (κ2) is 10.2. The summed E-state index contributed by atoms with van der Waals surface area (Å²) in [5.41, 5.74) is 2.05. The third kappa shape index (κ3) is 6.32. The third-order valence-corrected chi connectivity index (χ3v) is 7.74. The topological polar surface area (TPSA) is 46.9 Å². The molecule has 1 unspecified atom stereocenters. The van der Waals surface area contributed by atoms with Gasteiger partial charge in [-0.05, 0) is 37.0 Å². The molecule has 146 valence electrons. The number of carbonyl (C=O) groups is 1. The second-order valence-corrected chi connectivity index (χ2v) is 10.2. The van der Waals surface area contributed by atoms with Gasteiger partial charge >= 0.3 is 0 Å². The van der Waals surface area contributed by atoms with Crippen LogP contribution in [-0.2, 0) is 11.3 Å². The predicted octanol–water partition coefficient (Wildman–Crippen LogP) is 5.71. The Labute approximate surface area is 170 Å². The van der Waals surface area contributed by atoms with E-state index in [0.29, 0.717) is 12.3 Å². The number of nitrogens with zero attached hydrogens (tertiary/aromatic N) is 2. The average molecular weight is 404 g/mol. The third-order valence-electron chi connectivity index (χ3n) is 4.73. The van der Waals surface area contributed by atoms with Crippen LogP contribution in [0.25, 0.3) is 0 Å². The Morgan fingerprint density at radius 2 is 2.26 bits per heavy atom. The lowest BCUT2D eigenvalue weighted by Crippen LogP contribution is -2.12. The van der Waals surface area contributed by atoms with E-state index in [1.54, 1.807) is 0 Å². The molecular weight excluding hydrogens is 374 g/mol. The van der Waals surface area contributed by atoms with Gasteiger partial charge in [-0.1, -0.05) is 54.0 Å². The highest BCUT2D eigenvalue weighted by Crippen LogP contribution is 2.39. The Morgan fingerprint density at radius 1 is 1.37 bits per heavy atom. The fraction of sp³-hybridized carbons (Fsp3) is 0.524. The molecule has 1 aromatic heterocycles. The lowest BCUT2D eigenvalue weighted by molar-refractivity contribution is -0.116. The van der Waals surface area contributed by atoms with E-state index < -0.39 is 0 Å². The van der Waals surface area contributed by atoms with Gasteiger partial charge in [-0.2, -0.15) is 0 Å². The van der Waals surface area contributed by atoms with Gasteiger partial charge in [0.1, 0.15) is 5.82 Å². The monoisotopic (exact) mass is 403 g/mol. The normalized spacial score (nSPS) is 16.8. The van der Waals surface area contributed by atoms with Crippen molar-refractivity contribution >= 4 is 33.2 Å². The number of aromatic nitrogens is 2. The van der Waals surface area contributed by atoms with Crippen molar-refractivity contribution in [2.24, 2.45) is 0 Å². The molecule has 2 aromatic rings. The molecule has 6 heteroatoms. The molecule has 1 fully saturated rings. The van der Waals surface area contributed by atoms with Crippen LogP contribution in [-0.4, -0.2) is 26.5 Å². The van der Waals surface area contributed by atoms with Gasteiger partial charge in [-0.25, -0.2) is 4.98 Å². The van der Waals surface area contributed by atoms with E-state index >= 15 is 0 Å². The molecule has 0 saturated carbocycles. The average Bonchev–Trinajstić information content (AvgIpc) is 3.31. The summed E-state index contributed by atoms with van der Waals surface area (Å²) in [7, 11) is 4.00. The lowest BCUT2D eigenvalue weighted by atomic mass is 10.1. The zero-order valence-corrected chi connectivity index (χ0v) is 17.8.